The second-order valence-electron chi connectivity index (χ2n) is 4.47. The summed E-state index contributed by atoms with van der Waals surface area (Å²) in [4.78, 5) is 4.25. The van der Waals surface area contributed by atoms with E-state index in [9.17, 15) is 5.26 Å². The Morgan fingerprint density at radius 1 is 1.67 bits per heavy atom. The van der Waals surface area contributed by atoms with E-state index in [1.54, 1.807) is 18.0 Å². The maximum absolute atomic E-state index is 9.49. The van der Waals surface area contributed by atoms with E-state index < -0.39 is 5.54 Å². The highest BCUT2D eigenvalue weighted by Crippen LogP contribution is 2.42. The summed E-state index contributed by atoms with van der Waals surface area (Å²) in [5, 5.41) is 14.3. The molecule has 1 aromatic heterocycles. The van der Waals surface area contributed by atoms with Crippen LogP contribution in [0.3, 0.4) is 0 Å². The lowest BCUT2D eigenvalue weighted by Gasteiger charge is -2.27. The zero-order valence-electron chi connectivity index (χ0n) is 10.3. The summed E-state index contributed by atoms with van der Waals surface area (Å²) in [5.74, 6) is 1.16. The van der Waals surface area contributed by atoms with Crippen molar-refractivity contribution in [2.45, 2.75) is 30.3 Å². The lowest BCUT2D eigenvalue weighted by Crippen LogP contribution is -2.48. The van der Waals surface area contributed by atoms with Crippen LogP contribution < -0.4 is 5.32 Å². The quantitative estimate of drug-likeness (QED) is 0.814. The van der Waals surface area contributed by atoms with Gasteiger partial charge in [0.15, 0.2) is 0 Å². The van der Waals surface area contributed by atoms with Gasteiger partial charge in [0.2, 0.25) is 0 Å². The molecule has 0 saturated heterocycles. The zero-order chi connectivity index (χ0) is 13.0. The predicted octanol–water partition coefficient (Wildman–Crippen LogP) is 3.11. The molecule has 0 aromatic carbocycles. The predicted molar refractivity (Wildman–Crippen MR) is 74.7 cm³/mol. The fourth-order valence-electron chi connectivity index (χ4n) is 2.03. The Kier molecular flexibility index (Phi) is 4.50. The molecular weight excluding hydrogens is 266 g/mol. The van der Waals surface area contributed by atoms with Gasteiger partial charge in [0, 0.05) is 11.9 Å². The molecule has 18 heavy (non-hydrogen) atoms. The van der Waals surface area contributed by atoms with E-state index in [0.717, 1.165) is 24.4 Å². The number of nitrogens with one attached hydrogen (secondary N) is 1. The molecule has 5 heteroatoms. The summed E-state index contributed by atoms with van der Waals surface area (Å²) < 4.78 is 0. The van der Waals surface area contributed by atoms with E-state index in [0.29, 0.717) is 16.7 Å². The molecule has 0 spiro atoms. The van der Waals surface area contributed by atoms with E-state index >= 15 is 0 Å². The zero-order valence-corrected chi connectivity index (χ0v) is 11.9. The van der Waals surface area contributed by atoms with Crippen LogP contribution in [0.5, 0.6) is 0 Å². The average Bonchev–Trinajstić information content (AvgIpc) is 3.21. The van der Waals surface area contributed by atoms with E-state index in [1.165, 1.54) is 0 Å². The smallest absolute Gasteiger partial charge is 0.119 e. The molecule has 0 amide bonds. The molecule has 0 aliphatic heterocycles. The minimum absolute atomic E-state index is 0.430. The van der Waals surface area contributed by atoms with Gasteiger partial charge in [-0.3, -0.25) is 5.32 Å². The third-order valence-corrected chi connectivity index (χ3v) is 4.74. The second kappa shape index (κ2) is 5.92. The number of rotatable bonds is 6. The van der Waals surface area contributed by atoms with Crippen LogP contribution in [-0.2, 0) is 0 Å². The Balaban J connectivity index is 2.06. The number of hydrogen-bond acceptors (Lipinski definition) is 4. The SMILES string of the molecule is CCNC(C#N)(CSc1ncccc1Cl)C1CC1. The van der Waals surface area contributed by atoms with Crippen LogP contribution in [0.15, 0.2) is 23.4 Å². The Hall–Kier alpha value is -0.760. The summed E-state index contributed by atoms with van der Waals surface area (Å²) in [5.41, 5.74) is -0.430. The van der Waals surface area contributed by atoms with Crippen LogP contribution >= 0.6 is 23.4 Å². The van der Waals surface area contributed by atoms with Crippen molar-refractivity contribution in [1.82, 2.24) is 10.3 Å². The Morgan fingerprint density at radius 2 is 2.44 bits per heavy atom. The Bertz CT molecular complexity index is 456. The fourth-order valence-corrected chi connectivity index (χ4v) is 3.42. The number of pyridine rings is 1. The van der Waals surface area contributed by atoms with E-state index in [2.05, 4.69) is 16.4 Å². The van der Waals surface area contributed by atoms with Gasteiger partial charge in [-0.1, -0.05) is 18.5 Å². The second-order valence-corrected chi connectivity index (χ2v) is 5.84. The molecule has 0 radical (unpaired) electrons. The fraction of sp³-hybridized carbons (Fsp3) is 0.538. The minimum atomic E-state index is -0.430. The maximum Gasteiger partial charge on any atom is 0.119 e. The third kappa shape index (κ3) is 2.97. The summed E-state index contributed by atoms with van der Waals surface area (Å²) >= 11 is 7.64. The van der Waals surface area contributed by atoms with Crippen molar-refractivity contribution in [1.29, 1.82) is 5.26 Å². The number of nitriles is 1. The van der Waals surface area contributed by atoms with Gasteiger partial charge >= 0.3 is 0 Å². The molecule has 1 aliphatic carbocycles. The molecular formula is C13H16ClN3S. The molecule has 0 bridgehead atoms. The largest absolute Gasteiger partial charge is 0.299 e. The number of halogens is 1. The number of nitrogens with zero attached hydrogens (tertiary/aromatic N) is 2. The van der Waals surface area contributed by atoms with Gasteiger partial charge in [-0.2, -0.15) is 5.26 Å². The van der Waals surface area contributed by atoms with E-state index in [1.807, 2.05) is 19.1 Å². The number of hydrogen-bond donors (Lipinski definition) is 1. The summed E-state index contributed by atoms with van der Waals surface area (Å²) in [6.07, 6.45) is 4.00. The van der Waals surface area contributed by atoms with Gasteiger partial charge in [-0.25, -0.2) is 4.98 Å². The van der Waals surface area contributed by atoms with Crippen LogP contribution in [0.4, 0.5) is 0 Å². The number of thioether (sulfide) groups is 1. The standard InChI is InChI=1S/C13H16ClN3S/c1-2-17-13(8-15,10-5-6-10)9-18-12-11(14)4-3-7-16-12/h3-4,7,10,17H,2,5-6,9H2,1H3. The van der Waals surface area contributed by atoms with Crippen molar-refractivity contribution >= 4 is 23.4 Å². The first-order chi connectivity index (χ1) is 8.72. The van der Waals surface area contributed by atoms with Gasteiger partial charge in [0.1, 0.15) is 10.6 Å². The van der Waals surface area contributed by atoms with Gasteiger partial charge < -0.3 is 0 Å². The van der Waals surface area contributed by atoms with Crippen molar-refractivity contribution in [3.8, 4) is 6.07 Å². The van der Waals surface area contributed by atoms with Gasteiger partial charge in [-0.15, -0.1) is 11.8 Å². The molecule has 1 saturated carbocycles. The highest BCUT2D eigenvalue weighted by molar-refractivity contribution is 7.99. The molecule has 1 atom stereocenters. The van der Waals surface area contributed by atoms with Crippen molar-refractivity contribution in [3.05, 3.63) is 23.4 Å². The van der Waals surface area contributed by atoms with Crippen LogP contribution in [0.25, 0.3) is 0 Å². The molecule has 3 nitrogen and oxygen atoms in total. The normalized spacial score (nSPS) is 18.1. The first-order valence-corrected chi connectivity index (χ1v) is 7.48. The highest BCUT2D eigenvalue weighted by atomic mass is 35.5. The lowest BCUT2D eigenvalue weighted by molar-refractivity contribution is 0.416. The lowest BCUT2D eigenvalue weighted by atomic mass is 9.98. The molecule has 96 valence electrons. The molecule has 1 heterocycles. The van der Waals surface area contributed by atoms with Crippen molar-refractivity contribution in [2.24, 2.45) is 5.92 Å². The average molecular weight is 282 g/mol. The molecule has 1 unspecified atom stereocenters. The first kappa shape index (κ1) is 13.7. The molecule has 1 fully saturated rings. The topological polar surface area (TPSA) is 48.7 Å². The van der Waals surface area contributed by atoms with E-state index in [4.69, 9.17) is 11.6 Å². The van der Waals surface area contributed by atoms with Gasteiger partial charge in [0.25, 0.3) is 0 Å². The van der Waals surface area contributed by atoms with Crippen LogP contribution in [0, 0.1) is 17.2 Å². The summed E-state index contributed by atoms with van der Waals surface area (Å²) in [6, 6.07) is 6.11. The summed E-state index contributed by atoms with van der Waals surface area (Å²) in [7, 11) is 0. The third-order valence-electron chi connectivity index (χ3n) is 3.13. The van der Waals surface area contributed by atoms with Crippen LogP contribution in [0.1, 0.15) is 19.8 Å². The molecule has 1 aromatic rings. The molecule has 1 N–H and O–H groups in total. The minimum Gasteiger partial charge on any atom is -0.299 e. The van der Waals surface area contributed by atoms with Gasteiger partial charge in [-0.05, 0) is 37.4 Å². The molecule has 1 aliphatic rings. The Labute approximate surface area is 117 Å². The maximum atomic E-state index is 9.49. The van der Waals surface area contributed by atoms with Crippen molar-refractivity contribution in [2.75, 3.05) is 12.3 Å². The van der Waals surface area contributed by atoms with Crippen molar-refractivity contribution < 1.29 is 0 Å². The van der Waals surface area contributed by atoms with Gasteiger partial charge in [0.05, 0.1) is 11.1 Å². The van der Waals surface area contributed by atoms with Crippen molar-refractivity contribution in [3.63, 3.8) is 0 Å². The van der Waals surface area contributed by atoms with Crippen LogP contribution in [-0.4, -0.2) is 22.8 Å². The Morgan fingerprint density at radius 3 is 3.00 bits per heavy atom. The monoisotopic (exact) mass is 281 g/mol. The summed E-state index contributed by atoms with van der Waals surface area (Å²) in [6.45, 7) is 2.84. The molecule has 2 rings (SSSR count). The number of aromatic nitrogens is 1. The first-order valence-electron chi connectivity index (χ1n) is 6.11. The highest BCUT2D eigenvalue weighted by Gasteiger charge is 2.45. The van der Waals surface area contributed by atoms with E-state index in [-0.39, 0.29) is 0 Å². The van der Waals surface area contributed by atoms with Crippen LogP contribution in [0.2, 0.25) is 5.02 Å².